The van der Waals surface area contributed by atoms with E-state index < -0.39 is 0 Å². The van der Waals surface area contributed by atoms with Crippen molar-refractivity contribution >= 4 is 15.9 Å². The van der Waals surface area contributed by atoms with Gasteiger partial charge >= 0.3 is 0 Å². The van der Waals surface area contributed by atoms with Crippen LogP contribution in [0.1, 0.15) is 11.5 Å². The van der Waals surface area contributed by atoms with Crippen molar-refractivity contribution in [3.05, 3.63) is 58.5 Å². The molecule has 0 unspecified atom stereocenters. The zero-order valence-electron chi connectivity index (χ0n) is 10.3. The lowest BCUT2D eigenvalue weighted by Gasteiger charge is -1.97. The fraction of sp³-hybridized carbons (Fsp3) is 0.0714. The number of aromatic hydroxyl groups is 1. The standard InChI is InChI=1S/C14H10BrN3O2/c15-10-4-5-12(16-8-10)14-17-13(20-18-14)7-9-2-1-3-11(19)6-9/h1-6,8,19H,7H2. The molecule has 0 aliphatic heterocycles. The van der Waals surface area contributed by atoms with Crippen LogP contribution in [0.4, 0.5) is 0 Å². The predicted molar refractivity (Wildman–Crippen MR) is 76.1 cm³/mol. The van der Waals surface area contributed by atoms with Crippen LogP contribution in [-0.4, -0.2) is 20.2 Å². The zero-order chi connectivity index (χ0) is 13.9. The van der Waals surface area contributed by atoms with Gasteiger partial charge in [-0.1, -0.05) is 17.3 Å². The summed E-state index contributed by atoms with van der Waals surface area (Å²) in [6.07, 6.45) is 2.15. The fourth-order valence-corrected chi connectivity index (χ4v) is 2.01. The van der Waals surface area contributed by atoms with Gasteiger partial charge in [-0.15, -0.1) is 0 Å². The molecule has 2 heterocycles. The van der Waals surface area contributed by atoms with Gasteiger partial charge in [0, 0.05) is 10.7 Å². The normalized spacial score (nSPS) is 10.7. The number of phenols is 1. The third-order valence-electron chi connectivity index (χ3n) is 2.69. The number of pyridine rings is 1. The molecule has 3 aromatic rings. The maximum Gasteiger partial charge on any atom is 0.231 e. The molecule has 3 rings (SSSR count). The molecule has 6 heteroatoms. The highest BCUT2D eigenvalue weighted by Crippen LogP contribution is 2.18. The highest BCUT2D eigenvalue weighted by Gasteiger charge is 2.10. The summed E-state index contributed by atoms with van der Waals surface area (Å²) in [6.45, 7) is 0. The Morgan fingerprint density at radius 2 is 2.10 bits per heavy atom. The van der Waals surface area contributed by atoms with E-state index in [0.717, 1.165) is 10.0 Å². The molecular formula is C14H10BrN3O2. The number of hydrogen-bond acceptors (Lipinski definition) is 5. The molecule has 0 aliphatic carbocycles. The summed E-state index contributed by atoms with van der Waals surface area (Å²) in [5, 5.41) is 13.3. The molecule has 20 heavy (non-hydrogen) atoms. The lowest BCUT2D eigenvalue weighted by atomic mass is 10.1. The molecule has 0 fully saturated rings. The summed E-state index contributed by atoms with van der Waals surface area (Å²) in [7, 11) is 0. The highest BCUT2D eigenvalue weighted by atomic mass is 79.9. The monoisotopic (exact) mass is 331 g/mol. The summed E-state index contributed by atoms with van der Waals surface area (Å²) in [6, 6.07) is 10.6. The first-order chi connectivity index (χ1) is 9.70. The number of rotatable bonds is 3. The van der Waals surface area contributed by atoms with Crippen molar-refractivity contribution in [2.24, 2.45) is 0 Å². The Labute approximate surface area is 123 Å². The van der Waals surface area contributed by atoms with Crippen molar-refractivity contribution in [2.45, 2.75) is 6.42 Å². The molecule has 0 saturated carbocycles. The molecular weight excluding hydrogens is 322 g/mol. The van der Waals surface area contributed by atoms with Gasteiger partial charge in [-0.2, -0.15) is 4.98 Å². The van der Waals surface area contributed by atoms with Crippen LogP contribution in [-0.2, 0) is 6.42 Å². The van der Waals surface area contributed by atoms with E-state index in [2.05, 4.69) is 31.1 Å². The van der Waals surface area contributed by atoms with Crippen molar-refractivity contribution in [1.82, 2.24) is 15.1 Å². The largest absolute Gasteiger partial charge is 0.508 e. The summed E-state index contributed by atoms with van der Waals surface area (Å²) < 4.78 is 6.09. The van der Waals surface area contributed by atoms with E-state index in [0.29, 0.717) is 23.8 Å². The van der Waals surface area contributed by atoms with E-state index in [9.17, 15) is 5.11 Å². The van der Waals surface area contributed by atoms with Crippen LogP contribution >= 0.6 is 15.9 Å². The molecule has 5 nitrogen and oxygen atoms in total. The lowest BCUT2D eigenvalue weighted by molar-refractivity contribution is 0.385. The second-order valence-electron chi connectivity index (χ2n) is 4.22. The van der Waals surface area contributed by atoms with Crippen LogP contribution in [0.3, 0.4) is 0 Å². The van der Waals surface area contributed by atoms with Gasteiger partial charge in [-0.05, 0) is 45.8 Å². The quantitative estimate of drug-likeness (QED) is 0.797. The van der Waals surface area contributed by atoms with Crippen LogP contribution < -0.4 is 0 Å². The summed E-state index contributed by atoms with van der Waals surface area (Å²) in [5.74, 6) is 1.15. The number of nitrogens with zero attached hydrogens (tertiary/aromatic N) is 3. The third-order valence-corrected chi connectivity index (χ3v) is 3.16. The first-order valence-electron chi connectivity index (χ1n) is 5.93. The van der Waals surface area contributed by atoms with Crippen molar-refractivity contribution in [3.63, 3.8) is 0 Å². The van der Waals surface area contributed by atoms with Crippen molar-refractivity contribution < 1.29 is 9.63 Å². The molecule has 0 radical (unpaired) electrons. The molecule has 0 saturated heterocycles. The van der Waals surface area contributed by atoms with Gasteiger partial charge in [0.25, 0.3) is 0 Å². The van der Waals surface area contributed by atoms with E-state index >= 15 is 0 Å². The van der Waals surface area contributed by atoms with Gasteiger partial charge in [0.05, 0.1) is 6.42 Å². The van der Waals surface area contributed by atoms with Crippen LogP contribution in [0.15, 0.2) is 51.6 Å². The van der Waals surface area contributed by atoms with Crippen LogP contribution in [0, 0.1) is 0 Å². The average Bonchev–Trinajstić information content (AvgIpc) is 2.88. The SMILES string of the molecule is Oc1cccc(Cc2nc(-c3ccc(Br)cn3)no2)c1. The van der Waals surface area contributed by atoms with Crippen molar-refractivity contribution in [3.8, 4) is 17.3 Å². The van der Waals surface area contributed by atoms with Crippen molar-refractivity contribution in [2.75, 3.05) is 0 Å². The number of halogens is 1. The lowest BCUT2D eigenvalue weighted by Crippen LogP contribution is -1.89. The topological polar surface area (TPSA) is 72.0 Å². The van der Waals surface area contributed by atoms with E-state index in [1.54, 1.807) is 24.4 Å². The molecule has 0 amide bonds. The molecule has 1 N–H and O–H groups in total. The molecule has 2 aromatic heterocycles. The van der Waals surface area contributed by atoms with E-state index in [-0.39, 0.29) is 5.75 Å². The second kappa shape index (κ2) is 5.42. The molecule has 0 atom stereocenters. The highest BCUT2D eigenvalue weighted by molar-refractivity contribution is 9.10. The fourth-order valence-electron chi connectivity index (χ4n) is 1.78. The van der Waals surface area contributed by atoms with E-state index in [1.807, 2.05) is 18.2 Å². The zero-order valence-corrected chi connectivity index (χ0v) is 11.9. The maximum absolute atomic E-state index is 9.42. The Morgan fingerprint density at radius 3 is 2.85 bits per heavy atom. The van der Waals surface area contributed by atoms with Gasteiger partial charge in [0.15, 0.2) is 0 Å². The number of hydrogen-bond donors (Lipinski definition) is 1. The summed E-state index contributed by atoms with van der Waals surface area (Å²) >= 11 is 3.32. The summed E-state index contributed by atoms with van der Waals surface area (Å²) in [5.41, 5.74) is 1.56. The minimum Gasteiger partial charge on any atom is -0.508 e. The van der Waals surface area contributed by atoms with E-state index in [1.165, 1.54) is 0 Å². The Bertz CT molecular complexity index is 725. The first kappa shape index (κ1) is 12.8. The molecule has 0 bridgehead atoms. The van der Waals surface area contributed by atoms with Crippen LogP contribution in [0.25, 0.3) is 11.5 Å². The van der Waals surface area contributed by atoms with Gasteiger partial charge < -0.3 is 9.63 Å². The van der Waals surface area contributed by atoms with Crippen molar-refractivity contribution in [1.29, 1.82) is 0 Å². The first-order valence-corrected chi connectivity index (χ1v) is 6.72. The minimum atomic E-state index is 0.219. The number of benzene rings is 1. The molecule has 1 aromatic carbocycles. The Hall–Kier alpha value is -2.21. The van der Waals surface area contributed by atoms with Gasteiger partial charge in [-0.3, -0.25) is 4.98 Å². The smallest absolute Gasteiger partial charge is 0.231 e. The Morgan fingerprint density at radius 1 is 1.20 bits per heavy atom. The molecule has 0 aliphatic rings. The van der Waals surface area contributed by atoms with Gasteiger partial charge in [0.2, 0.25) is 11.7 Å². The summed E-state index contributed by atoms with van der Waals surface area (Å²) in [4.78, 5) is 8.51. The van der Waals surface area contributed by atoms with Crippen LogP contribution in [0.2, 0.25) is 0 Å². The third kappa shape index (κ3) is 2.85. The van der Waals surface area contributed by atoms with E-state index in [4.69, 9.17) is 4.52 Å². The number of aromatic nitrogens is 3. The van der Waals surface area contributed by atoms with Gasteiger partial charge in [-0.25, -0.2) is 0 Å². The van der Waals surface area contributed by atoms with Crippen LogP contribution in [0.5, 0.6) is 5.75 Å². The maximum atomic E-state index is 9.42. The Balaban J connectivity index is 1.82. The van der Waals surface area contributed by atoms with Gasteiger partial charge in [0.1, 0.15) is 11.4 Å². The predicted octanol–water partition coefficient (Wildman–Crippen LogP) is 3.19. The molecule has 100 valence electrons. The second-order valence-corrected chi connectivity index (χ2v) is 5.14. The molecule has 0 spiro atoms. The minimum absolute atomic E-state index is 0.219. The Kier molecular flexibility index (Phi) is 3.47. The number of phenolic OH excluding ortho intramolecular Hbond substituents is 1. The average molecular weight is 332 g/mol.